The third kappa shape index (κ3) is 12.1. The van der Waals surface area contributed by atoms with E-state index in [-0.39, 0.29) is 31.7 Å². The van der Waals surface area contributed by atoms with Gasteiger partial charge in [-0.2, -0.15) is 0 Å². The molecule has 0 atom stereocenters. The Morgan fingerprint density at radius 3 is 1.11 bits per heavy atom. The Bertz CT molecular complexity index is 1330. The van der Waals surface area contributed by atoms with E-state index in [9.17, 15) is 38.9 Å². The van der Waals surface area contributed by atoms with Crippen molar-refractivity contribution in [2.24, 2.45) is 0 Å². The number of para-hydroxylation sites is 1. The first kappa shape index (κ1) is 33.1. The Hall–Kier alpha value is -2.93. The maximum Gasteiger partial charge on any atom is 0.145 e. The van der Waals surface area contributed by atoms with Gasteiger partial charge in [0, 0.05) is 30.7 Å². The summed E-state index contributed by atoms with van der Waals surface area (Å²) in [5.41, 5.74) is 12.5. The highest BCUT2D eigenvalue weighted by molar-refractivity contribution is 7.86. The van der Waals surface area contributed by atoms with Crippen LogP contribution in [0, 0.1) is 0 Å². The van der Waals surface area contributed by atoms with Gasteiger partial charge >= 0.3 is 0 Å². The lowest BCUT2D eigenvalue weighted by atomic mass is 10.3. The summed E-state index contributed by atoms with van der Waals surface area (Å²) in [4.78, 5) is -0.861. The van der Waals surface area contributed by atoms with E-state index in [2.05, 4.69) is 16.8 Å². The first-order valence-corrected chi connectivity index (χ1v) is 15.1. The molecule has 16 heteroatoms. The lowest BCUT2D eigenvalue weighted by Gasteiger charge is -2.08. The first-order chi connectivity index (χ1) is 17.5. The number of nitrogen functional groups attached to an aromatic ring is 1. The van der Waals surface area contributed by atoms with Crippen LogP contribution in [0.1, 0.15) is 12.8 Å². The SMILES string of the molecule is C1CC[NH2+]C1.Nc1ccccc1S(=O)(=O)[O-].[NH3+]c1ccccc1S(=O)(=O)[O-].[NH3+]c1ccccc1S(=O)(=O)[O-]. The molecule has 0 bridgehead atoms. The largest absolute Gasteiger partial charge is 0.744 e. The Morgan fingerprint density at radius 2 is 0.895 bits per heavy atom. The maximum absolute atomic E-state index is 10.5. The summed E-state index contributed by atoms with van der Waals surface area (Å²) >= 11 is 0. The van der Waals surface area contributed by atoms with Gasteiger partial charge in [-0.25, -0.2) is 25.3 Å². The van der Waals surface area contributed by atoms with Crippen LogP contribution < -0.4 is 22.5 Å². The molecule has 0 amide bonds. The Kier molecular flexibility index (Phi) is 12.9. The van der Waals surface area contributed by atoms with E-state index in [1.165, 1.54) is 80.5 Å². The molecule has 0 aromatic heterocycles. The van der Waals surface area contributed by atoms with Crippen molar-refractivity contribution in [3.63, 3.8) is 0 Å². The zero-order chi connectivity index (χ0) is 29.0. The molecule has 3 aromatic rings. The van der Waals surface area contributed by atoms with Crippen molar-refractivity contribution >= 4 is 47.4 Å². The van der Waals surface area contributed by atoms with Crippen molar-refractivity contribution in [1.29, 1.82) is 0 Å². The minimum atomic E-state index is -4.41. The average Bonchev–Trinajstić information content (AvgIpc) is 3.39. The molecule has 1 fully saturated rings. The van der Waals surface area contributed by atoms with Crippen LogP contribution in [0.3, 0.4) is 0 Å². The predicted molar refractivity (Wildman–Crippen MR) is 134 cm³/mol. The van der Waals surface area contributed by atoms with E-state index in [0.717, 1.165) is 0 Å². The number of nitrogens with two attached hydrogens (primary N) is 2. The van der Waals surface area contributed by atoms with Crippen LogP contribution in [0.5, 0.6) is 0 Å². The number of benzene rings is 3. The second-order valence-electron chi connectivity index (χ2n) is 7.69. The van der Waals surface area contributed by atoms with Crippen molar-refractivity contribution < 1.29 is 55.7 Å². The molecule has 13 nitrogen and oxygen atoms in total. The Balaban J connectivity index is 0.000000261. The summed E-state index contributed by atoms with van der Waals surface area (Å²) in [5, 5.41) is 2.36. The summed E-state index contributed by atoms with van der Waals surface area (Å²) in [7, 11) is -13.1. The molecule has 38 heavy (non-hydrogen) atoms. The number of hydrogen-bond donors (Lipinski definition) is 4. The van der Waals surface area contributed by atoms with Gasteiger partial charge in [0.15, 0.2) is 0 Å². The summed E-state index contributed by atoms with van der Waals surface area (Å²) < 4.78 is 94.0. The third-order valence-electron chi connectivity index (χ3n) is 4.74. The van der Waals surface area contributed by atoms with E-state index in [1.54, 1.807) is 18.2 Å². The molecule has 0 unspecified atom stereocenters. The zero-order valence-corrected chi connectivity index (χ0v) is 22.7. The van der Waals surface area contributed by atoms with Gasteiger partial charge in [0.05, 0.1) is 18.0 Å². The minimum Gasteiger partial charge on any atom is -0.744 e. The molecule has 1 aliphatic rings. The van der Waals surface area contributed by atoms with Crippen molar-refractivity contribution in [1.82, 2.24) is 0 Å². The van der Waals surface area contributed by atoms with E-state index in [1.807, 2.05) is 0 Å². The van der Waals surface area contributed by atoms with E-state index < -0.39 is 30.4 Å². The summed E-state index contributed by atoms with van der Waals surface area (Å²) in [6, 6.07) is 17.2. The molecular weight excluding hydrogens is 560 g/mol. The van der Waals surface area contributed by atoms with E-state index >= 15 is 0 Å². The Labute approximate surface area is 221 Å². The van der Waals surface area contributed by atoms with Gasteiger partial charge in [-0.15, -0.1) is 0 Å². The van der Waals surface area contributed by atoms with Gasteiger partial charge in [-0.1, -0.05) is 36.4 Å². The van der Waals surface area contributed by atoms with Gasteiger partial charge in [0.2, 0.25) is 0 Å². The van der Waals surface area contributed by atoms with E-state index in [4.69, 9.17) is 5.73 Å². The second kappa shape index (κ2) is 14.9. The highest BCUT2D eigenvalue weighted by Gasteiger charge is 2.07. The fraction of sp³-hybridized carbons (Fsp3) is 0.182. The normalized spacial score (nSPS) is 13.1. The third-order valence-corrected chi connectivity index (χ3v) is 7.52. The molecule has 4 rings (SSSR count). The van der Waals surface area contributed by atoms with Crippen molar-refractivity contribution in [2.75, 3.05) is 18.8 Å². The molecule has 3 aromatic carbocycles. The van der Waals surface area contributed by atoms with Gasteiger partial charge < -0.3 is 36.2 Å². The van der Waals surface area contributed by atoms with Crippen LogP contribution in [-0.4, -0.2) is 52.0 Å². The number of hydrogen-bond acceptors (Lipinski definition) is 10. The van der Waals surface area contributed by atoms with Crippen molar-refractivity contribution in [2.45, 2.75) is 27.5 Å². The van der Waals surface area contributed by atoms with Gasteiger partial charge in [0.1, 0.15) is 51.5 Å². The van der Waals surface area contributed by atoms with Gasteiger partial charge in [-0.3, -0.25) is 0 Å². The van der Waals surface area contributed by atoms with E-state index in [0.29, 0.717) is 0 Å². The number of rotatable bonds is 3. The number of quaternary nitrogens is 3. The van der Waals surface area contributed by atoms with Crippen LogP contribution in [0.2, 0.25) is 0 Å². The van der Waals surface area contributed by atoms with Crippen molar-refractivity contribution in [3.05, 3.63) is 72.8 Å². The standard InChI is InChI=1S/3C6H7NO3S.C4H9N/c3*7-5-3-1-2-4-6(5)11(8,9)10;1-2-4-5-3-1/h3*1-4H,7H2,(H,8,9,10);5H,1-4H2. The molecule has 0 saturated carbocycles. The lowest BCUT2D eigenvalue weighted by Crippen LogP contribution is -2.80. The van der Waals surface area contributed by atoms with Crippen LogP contribution in [0.4, 0.5) is 17.1 Å². The molecule has 210 valence electrons. The molecule has 1 aliphatic heterocycles. The van der Waals surface area contributed by atoms with Gasteiger partial charge in [-0.05, 0) is 24.3 Å². The molecule has 0 aliphatic carbocycles. The zero-order valence-electron chi connectivity index (χ0n) is 20.2. The number of anilines is 1. The fourth-order valence-electron chi connectivity index (χ4n) is 2.93. The smallest absolute Gasteiger partial charge is 0.145 e. The predicted octanol–water partition coefficient (Wildman–Crippen LogP) is -1.56. The molecule has 1 heterocycles. The second-order valence-corrected chi connectivity index (χ2v) is 11.7. The van der Waals surface area contributed by atoms with Crippen molar-refractivity contribution in [3.8, 4) is 0 Å². The fourth-order valence-corrected chi connectivity index (χ4v) is 4.80. The minimum absolute atomic E-state index is 0.0116. The first-order valence-electron chi connectivity index (χ1n) is 10.9. The van der Waals surface area contributed by atoms with Crippen LogP contribution in [-0.2, 0) is 30.4 Å². The molecule has 1 saturated heterocycles. The molecule has 0 spiro atoms. The summed E-state index contributed by atoms with van der Waals surface area (Å²) in [5.74, 6) is 0. The average molecular weight is 591 g/mol. The monoisotopic (exact) mass is 590 g/mol. The van der Waals surface area contributed by atoms with Crippen LogP contribution >= 0.6 is 0 Å². The maximum atomic E-state index is 10.5. The van der Waals surface area contributed by atoms with Crippen LogP contribution in [0.15, 0.2) is 87.5 Å². The summed E-state index contributed by atoms with van der Waals surface area (Å²) in [6.07, 6.45) is 2.89. The highest BCUT2D eigenvalue weighted by Crippen LogP contribution is 2.16. The van der Waals surface area contributed by atoms with Crippen LogP contribution in [0.25, 0.3) is 0 Å². The molecule has 0 radical (unpaired) electrons. The topological polar surface area (TPSA) is 270 Å². The molecule has 10 N–H and O–H groups in total. The Morgan fingerprint density at radius 1 is 0.579 bits per heavy atom. The van der Waals surface area contributed by atoms with Gasteiger partial charge in [0.25, 0.3) is 0 Å². The highest BCUT2D eigenvalue weighted by atomic mass is 32.2. The quantitative estimate of drug-likeness (QED) is 0.201. The summed E-state index contributed by atoms with van der Waals surface area (Å²) in [6.45, 7) is 2.75. The lowest BCUT2D eigenvalue weighted by molar-refractivity contribution is -0.635. The molecular formula is C22H30N4O9S3.